The van der Waals surface area contributed by atoms with Gasteiger partial charge in [-0.3, -0.25) is 9.59 Å². The minimum atomic E-state index is -0.756. The van der Waals surface area contributed by atoms with Crippen LogP contribution in [0.3, 0.4) is 0 Å². The van der Waals surface area contributed by atoms with E-state index >= 15 is 0 Å². The molecule has 0 aliphatic heterocycles. The minimum absolute atomic E-state index is 0.0238. The highest BCUT2D eigenvalue weighted by molar-refractivity contribution is 5.77. The van der Waals surface area contributed by atoms with Gasteiger partial charge in [-0.2, -0.15) is 0 Å². The molecule has 11 atom stereocenters. The second-order valence-electron chi connectivity index (χ2n) is 12.5. The molecule has 0 aromatic heterocycles. The molecule has 6 nitrogen and oxygen atoms in total. The molecule has 0 saturated heterocycles. The number of aliphatic hydroxyl groups is 2. The standard InChI is InChI=1S/C28H45NO5/c1-5-6-24(32)29-18-11-12-27(3)17(13-18)14-22(30)26-20-9-8-19(16(2)7-10-25(33)34)28(20,4)23(31)15-21(26)27/h5,16-23,26,30-31H,1,6-15H2,2-4H3,(H,29,32)(H,33,34)/t16-,17?,18+,19-,20?,21?,22-,23+,26?,27+,28-/m1/s1. The highest BCUT2D eigenvalue weighted by Gasteiger charge is 2.65. The van der Waals surface area contributed by atoms with Gasteiger partial charge in [-0.25, -0.2) is 0 Å². The van der Waals surface area contributed by atoms with Crippen LogP contribution >= 0.6 is 0 Å². The molecule has 34 heavy (non-hydrogen) atoms. The number of hydrogen-bond acceptors (Lipinski definition) is 4. The number of amides is 1. The summed E-state index contributed by atoms with van der Waals surface area (Å²) in [5, 5.41) is 35.5. The van der Waals surface area contributed by atoms with Crippen molar-refractivity contribution in [3.63, 3.8) is 0 Å². The van der Waals surface area contributed by atoms with E-state index < -0.39 is 12.1 Å². The second kappa shape index (κ2) is 9.57. The largest absolute Gasteiger partial charge is 0.481 e. The van der Waals surface area contributed by atoms with Gasteiger partial charge in [-0.15, -0.1) is 6.58 Å². The monoisotopic (exact) mass is 475 g/mol. The van der Waals surface area contributed by atoms with Gasteiger partial charge in [0.2, 0.25) is 5.91 Å². The predicted octanol–water partition coefficient (Wildman–Crippen LogP) is 4.15. The molecule has 0 aromatic carbocycles. The van der Waals surface area contributed by atoms with Crippen LogP contribution in [-0.4, -0.2) is 45.4 Å². The zero-order chi connectivity index (χ0) is 24.8. The van der Waals surface area contributed by atoms with E-state index in [1.54, 1.807) is 6.08 Å². The highest BCUT2D eigenvalue weighted by atomic mass is 16.4. The molecule has 0 heterocycles. The fourth-order valence-electron chi connectivity index (χ4n) is 9.26. The summed E-state index contributed by atoms with van der Waals surface area (Å²) in [6, 6.07) is 0.152. The number of aliphatic hydroxyl groups excluding tert-OH is 2. The average molecular weight is 476 g/mol. The normalized spacial score (nSPS) is 46.5. The van der Waals surface area contributed by atoms with Gasteiger partial charge in [0.05, 0.1) is 12.2 Å². The van der Waals surface area contributed by atoms with Gasteiger partial charge in [0.15, 0.2) is 0 Å². The summed E-state index contributed by atoms with van der Waals surface area (Å²) in [6.07, 6.45) is 8.35. The Morgan fingerprint density at radius 3 is 2.53 bits per heavy atom. The number of carboxylic acid groups (broad SMARTS) is 1. The summed E-state index contributed by atoms with van der Waals surface area (Å²) < 4.78 is 0. The second-order valence-corrected chi connectivity index (χ2v) is 12.5. The van der Waals surface area contributed by atoms with Gasteiger partial charge < -0.3 is 20.6 Å². The summed E-state index contributed by atoms with van der Waals surface area (Å²) in [6.45, 7) is 10.4. The molecule has 192 valence electrons. The SMILES string of the molecule is C=CCC(=O)N[C@H]1CC[C@@]2(C)C(C1)C[C@@H](O)C1C2C[C@H](O)[C@@]2(C)C1CC[C@@H]2[C@H](C)CCC(=O)O. The third-order valence-electron chi connectivity index (χ3n) is 11.1. The van der Waals surface area contributed by atoms with Gasteiger partial charge in [0.25, 0.3) is 0 Å². The van der Waals surface area contributed by atoms with Crippen molar-refractivity contribution in [3.8, 4) is 0 Å². The van der Waals surface area contributed by atoms with E-state index in [4.69, 9.17) is 5.11 Å². The van der Waals surface area contributed by atoms with E-state index in [0.29, 0.717) is 24.7 Å². The molecule has 0 spiro atoms. The lowest BCUT2D eigenvalue weighted by Crippen LogP contribution is -2.63. The predicted molar refractivity (Wildman–Crippen MR) is 131 cm³/mol. The quantitative estimate of drug-likeness (QED) is 0.414. The molecule has 4 unspecified atom stereocenters. The van der Waals surface area contributed by atoms with Gasteiger partial charge in [0, 0.05) is 18.9 Å². The lowest BCUT2D eigenvalue weighted by molar-refractivity contribution is -0.202. The number of aliphatic carboxylic acids is 1. The molecule has 6 heteroatoms. The third-order valence-corrected chi connectivity index (χ3v) is 11.1. The first-order valence-electron chi connectivity index (χ1n) is 13.5. The number of rotatable bonds is 7. The van der Waals surface area contributed by atoms with Crippen molar-refractivity contribution >= 4 is 11.9 Å². The molecular formula is C28H45NO5. The number of carbonyl (C=O) groups is 2. The van der Waals surface area contributed by atoms with E-state index in [-0.39, 0.29) is 59.0 Å². The molecule has 4 aliphatic rings. The van der Waals surface area contributed by atoms with Crippen molar-refractivity contribution in [2.45, 2.75) is 103 Å². The van der Waals surface area contributed by atoms with Crippen LogP contribution in [0.1, 0.15) is 85.0 Å². The summed E-state index contributed by atoms with van der Waals surface area (Å²) in [5.41, 5.74) is -0.196. The van der Waals surface area contributed by atoms with Crippen LogP contribution in [0, 0.1) is 46.3 Å². The van der Waals surface area contributed by atoms with Crippen LogP contribution in [-0.2, 0) is 9.59 Å². The van der Waals surface area contributed by atoms with Crippen LogP contribution in [0.25, 0.3) is 0 Å². The Labute approximate surface area is 204 Å². The Kier molecular flexibility index (Phi) is 7.23. The molecule has 1 amide bonds. The maximum Gasteiger partial charge on any atom is 0.303 e. The molecule has 0 radical (unpaired) electrons. The first-order chi connectivity index (χ1) is 16.0. The number of carboxylic acids is 1. The first-order valence-corrected chi connectivity index (χ1v) is 13.5. The van der Waals surface area contributed by atoms with Crippen LogP contribution in [0.15, 0.2) is 12.7 Å². The van der Waals surface area contributed by atoms with Crippen LogP contribution < -0.4 is 5.32 Å². The van der Waals surface area contributed by atoms with Crippen molar-refractivity contribution in [2.24, 2.45) is 46.3 Å². The van der Waals surface area contributed by atoms with Crippen LogP contribution in [0.4, 0.5) is 0 Å². The summed E-state index contributed by atoms with van der Waals surface area (Å²) in [5.74, 6) is 0.901. The Balaban J connectivity index is 1.53. The van der Waals surface area contributed by atoms with E-state index in [1.165, 1.54) is 0 Å². The number of nitrogens with one attached hydrogen (secondary N) is 1. The van der Waals surface area contributed by atoms with Crippen molar-refractivity contribution in [1.82, 2.24) is 5.32 Å². The topological polar surface area (TPSA) is 107 Å². The number of carbonyl (C=O) groups excluding carboxylic acids is 1. The van der Waals surface area contributed by atoms with E-state index in [0.717, 1.165) is 44.9 Å². The van der Waals surface area contributed by atoms with E-state index in [2.05, 4.69) is 32.7 Å². The third kappa shape index (κ3) is 4.23. The molecule has 4 N–H and O–H groups in total. The van der Waals surface area contributed by atoms with Gasteiger partial charge >= 0.3 is 5.97 Å². The van der Waals surface area contributed by atoms with E-state index in [9.17, 15) is 19.8 Å². The number of fused-ring (bicyclic) bond motifs is 5. The van der Waals surface area contributed by atoms with Crippen molar-refractivity contribution in [2.75, 3.05) is 0 Å². The fraction of sp³-hybridized carbons (Fsp3) is 0.857. The Bertz CT molecular complexity index is 800. The zero-order valence-electron chi connectivity index (χ0n) is 21.2. The average Bonchev–Trinajstić information content (AvgIpc) is 3.12. The zero-order valence-corrected chi connectivity index (χ0v) is 21.2. The van der Waals surface area contributed by atoms with Crippen molar-refractivity contribution in [3.05, 3.63) is 12.7 Å². The number of hydrogen-bond donors (Lipinski definition) is 4. The summed E-state index contributed by atoms with van der Waals surface area (Å²) >= 11 is 0. The molecule has 4 saturated carbocycles. The van der Waals surface area contributed by atoms with Crippen LogP contribution in [0.2, 0.25) is 0 Å². The Morgan fingerprint density at radius 1 is 1.12 bits per heavy atom. The molecule has 4 fully saturated rings. The lowest BCUT2D eigenvalue weighted by Gasteiger charge is -2.63. The Hall–Kier alpha value is -1.40. The molecular weight excluding hydrogens is 430 g/mol. The lowest BCUT2D eigenvalue weighted by atomic mass is 9.43. The smallest absolute Gasteiger partial charge is 0.303 e. The molecule has 4 aliphatic carbocycles. The maximum atomic E-state index is 12.1. The van der Waals surface area contributed by atoms with Crippen LogP contribution in [0.5, 0.6) is 0 Å². The van der Waals surface area contributed by atoms with Gasteiger partial charge in [-0.1, -0.05) is 26.8 Å². The molecule has 0 bridgehead atoms. The van der Waals surface area contributed by atoms with E-state index in [1.807, 2.05) is 0 Å². The molecule has 4 rings (SSSR count). The first kappa shape index (κ1) is 25.7. The highest BCUT2D eigenvalue weighted by Crippen LogP contribution is 2.68. The minimum Gasteiger partial charge on any atom is -0.481 e. The molecule has 0 aromatic rings. The van der Waals surface area contributed by atoms with Crippen molar-refractivity contribution < 1.29 is 24.9 Å². The maximum absolute atomic E-state index is 12.1. The van der Waals surface area contributed by atoms with Gasteiger partial charge in [0.1, 0.15) is 0 Å². The Morgan fingerprint density at radius 2 is 1.85 bits per heavy atom. The van der Waals surface area contributed by atoms with Crippen molar-refractivity contribution in [1.29, 1.82) is 0 Å². The fourth-order valence-corrected chi connectivity index (χ4v) is 9.26. The summed E-state index contributed by atoms with van der Waals surface area (Å²) in [7, 11) is 0. The summed E-state index contributed by atoms with van der Waals surface area (Å²) in [4.78, 5) is 23.3. The van der Waals surface area contributed by atoms with Gasteiger partial charge in [-0.05, 0) is 97.7 Å².